The summed E-state index contributed by atoms with van der Waals surface area (Å²) in [4.78, 5) is 4.29. The third-order valence-corrected chi connectivity index (χ3v) is 3.36. The van der Waals surface area contributed by atoms with E-state index in [4.69, 9.17) is 0 Å². The minimum absolute atomic E-state index is 0.560. The molecular weight excluding hydrogens is 222 g/mol. The zero-order valence-electron chi connectivity index (χ0n) is 12.4. The molecule has 0 amide bonds. The molecule has 1 heterocycles. The van der Waals surface area contributed by atoms with Crippen molar-refractivity contribution in [3.05, 3.63) is 18.2 Å². The van der Waals surface area contributed by atoms with Gasteiger partial charge >= 0.3 is 0 Å². The number of imidazole rings is 1. The van der Waals surface area contributed by atoms with Gasteiger partial charge in [-0.15, -0.1) is 0 Å². The normalized spacial score (nSPS) is 13.2. The summed E-state index contributed by atoms with van der Waals surface area (Å²) in [6, 6.07) is 0.560. The SMILES string of the molecule is CCCNCc1cncn1C(C)CCCC(C)C. The molecule has 0 saturated carbocycles. The first-order valence-corrected chi connectivity index (χ1v) is 7.36. The summed E-state index contributed by atoms with van der Waals surface area (Å²) >= 11 is 0. The number of hydrogen-bond acceptors (Lipinski definition) is 2. The number of nitrogens with zero attached hydrogens (tertiary/aromatic N) is 2. The maximum atomic E-state index is 4.29. The molecule has 1 aromatic heterocycles. The van der Waals surface area contributed by atoms with Gasteiger partial charge in [-0.25, -0.2) is 4.98 Å². The van der Waals surface area contributed by atoms with Gasteiger partial charge in [0, 0.05) is 18.8 Å². The summed E-state index contributed by atoms with van der Waals surface area (Å²) in [5.41, 5.74) is 1.31. The molecule has 1 aromatic rings. The van der Waals surface area contributed by atoms with Crippen LogP contribution in [-0.4, -0.2) is 16.1 Å². The van der Waals surface area contributed by atoms with Gasteiger partial charge in [-0.05, 0) is 32.2 Å². The van der Waals surface area contributed by atoms with Gasteiger partial charge in [-0.3, -0.25) is 0 Å². The van der Waals surface area contributed by atoms with Crippen LogP contribution in [0.25, 0.3) is 0 Å². The lowest BCUT2D eigenvalue weighted by Gasteiger charge is -2.17. The monoisotopic (exact) mass is 251 g/mol. The zero-order valence-corrected chi connectivity index (χ0v) is 12.4. The quantitative estimate of drug-likeness (QED) is 0.677. The molecule has 18 heavy (non-hydrogen) atoms. The zero-order chi connectivity index (χ0) is 13.4. The topological polar surface area (TPSA) is 29.9 Å². The number of hydrogen-bond donors (Lipinski definition) is 1. The van der Waals surface area contributed by atoms with Crippen LogP contribution >= 0.6 is 0 Å². The van der Waals surface area contributed by atoms with Crippen molar-refractivity contribution in [1.29, 1.82) is 0 Å². The number of aromatic nitrogens is 2. The van der Waals surface area contributed by atoms with Gasteiger partial charge in [0.15, 0.2) is 0 Å². The Labute approximate surface area is 112 Å². The van der Waals surface area contributed by atoms with Crippen LogP contribution in [0.5, 0.6) is 0 Å². The Kier molecular flexibility index (Phi) is 7.02. The van der Waals surface area contributed by atoms with E-state index in [2.05, 4.69) is 42.6 Å². The Morgan fingerprint density at radius 3 is 2.72 bits per heavy atom. The second kappa shape index (κ2) is 8.30. The Morgan fingerprint density at radius 1 is 1.28 bits per heavy atom. The molecule has 1 unspecified atom stereocenters. The van der Waals surface area contributed by atoms with Crippen molar-refractivity contribution in [3.8, 4) is 0 Å². The molecule has 0 spiro atoms. The summed E-state index contributed by atoms with van der Waals surface area (Å²) in [6.07, 6.45) is 9.01. The average molecular weight is 251 g/mol. The fourth-order valence-corrected chi connectivity index (χ4v) is 2.22. The van der Waals surface area contributed by atoms with Gasteiger partial charge in [0.1, 0.15) is 0 Å². The molecule has 1 rings (SSSR count). The van der Waals surface area contributed by atoms with Gasteiger partial charge in [-0.2, -0.15) is 0 Å². The van der Waals surface area contributed by atoms with Crippen molar-refractivity contribution in [2.24, 2.45) is 5.92 Å². The number of nitrogens with one attached hydrogen (secondary N) is 1. The van der Waals surface area contributed by atoms with Gasteiger partial charge < -0.3 is 9.88 Å². The first kappa shape index (κ1) is 15.2. The third-order valence-electron chi connectivity index (χ3n) is 3.36. The molecular formula is C15H29N3. The molecule has 1 atom stereocenters. The van der Waals surface area contributed by atoms with Crippen molar-refractivity contribution in [2.45, 2.75) is 66.0 Å². The Hall–Kier alpha value is -0.830. The van der Waals surface area contributed by atoms with Crippen LogP contribution in [0, 0.1) is 5.92 Å². The van der Waals surface area contributed by atoms with Crippen LogP contribution in [0.1, 0.15) is 65.1 Å². The van der Waals surface area contributed by atoms with Crippen LogP contribution in [0.3, 0.4) is 0 Å². The van der Waals surface area contributed by atoms with E-state index in [9.17, 15) is 0 Å². The lowest BCUT2D eigenvalue weighted by atomic mass is 10.0. The molecule has 3 heteroatoms. The average Bonchev–Trinajstić information content (AvgIpc) is 2.77. The second-order valence-corrected chi connectivity index (χ2v) is 5.64. The smallest absolute Gasteiger partial charge is 0.0951 e. The Balaban J connectivity index is 2.41. The minimum Gasteiger partial charge on any atom is -0.331 e. The Bertz CT molecular complexity index is 317. The lowest BCUT2D eigenvalue weighted by molar-refractivity contribution is 0.435. The maximum Gasteiger partial charge on any atom is 0.0951 e. The largest absolute Gasteiger partial charge is 0.331 e. The number of rotatable bonds is 9. The Morgan fingerprint density at radius 2 is 2.06 bits per heavy atom. The summed E-state index contributed by atoms with van der Waals surface area (Å²) in [5, 5.41) is 3.45. The molecule has 0 fully saturated rings. The van der Waals surface area contributed by atoms with E-state index in [1.165, 1.54) is 31.4 Å². The minimum atomic E-state index is 0.560. The summed E-state index contributed by atoms with van der Waals surface area (Å²) in [7, 11) is 0. The van der Waals surface area contributed by atoms with Gasteiger partial charge in [-0.1, -0.05) is 33.6 Å². The molecule has 0 bridgehead atoms. The van der Waals surface area contributed by atoms with Crippen molar-refractivity contribution >= 4 is 0 Å². The molecule has 0 saturated heterocycles. The highest BCUT2D eigenvalue weighted by Crippen LogP contribution is 2.18. The predicted octanol–water partition coefficient (Wildman–Crippen LogP) is 3.77. The van der Waals surface area contributed by atoms with E-state index in [1.807, 2.05) is 12.5 Å². The van der Waals surface area contributed by atoms with Gasteiger partial charge in [0.2, 0.25) is 0 Å². The van der Waals surface area contributed by atoms with E-state index < -0.39 is 0 Å². The van der Waals surface area contributed by atoms with Crippen molar-refractivity contribution < 1.29 is 0 Å². The summed E-state index contributed by atoms with van der Waals surface area (Å²) in [5.74, 6) is 0.811. The van der Waals surface area contributed by atoms with Crippen LogP contribution in [0.2, 0.25) is 0 Å². The predicted molar refractivity (Wildman–Crippen MR) is 77.6 cm³/mol. The van der Waals surface area contributed by atoms with E-state index in [-0.39, 0.29) is 0 Å². The molecule has 0 aliphatic rings. The van der Waals surface area contributed by atoms with Crippen molar-refractivity contribution in [3.63, 3.8) is 0 Å². The standard InChI is InChI=1S/C15H29N3/c1-5-9-16-10-15-11-17-12-18(15)14(4)8-6-7-13(2)3/h11-14,16H,5-10H2,1-4H3. The van der Waals surface area contributed by atoms with Crippen LogP contribution in [-0.2, 0) is 6.54 Å². The van der Waals surface area contributed by atoms with Crippen LogP contribution in [0.4, 0.5) is 0 Å². The highest BCUT2D eigenvalue weighted by Gasteiger charge is 2.09. The van der Waals surface area contributed by atoms with Gasteiger partial charge in [0.05, 0.1) is 12.0 Å². The van der Waals surface area contributed by atoms with Crippen molar-refractivity contribution in [1.82, 2.24) is 14.9 Å². The molecule has 0 aromatic carbocycles. The fourth-order valence-electron chi connectivity index (χ4n) is 2.22. The van der Waals surface area contributed by atoms with Gasteiger partial charge in [0.25, 0.3) is 0 Å². The molecule has 0 radical (unpaired) electrons. The molecule has 0 aliphatic heterocycles. The summed E-state index contributed by atoms with van der Waals surface area (Å²) < 4.78 is 2.32. The lowest BCUT2D eigenvalue weighted by Crippen LogP contribution is -2.18. The van der Waals surface area contributed by atoms with Crippen LogP contribution in [0.15, 0.2) is 12.5 Å². The van der Waals surface area contributed by atoms with E-state index in [0.717, 1.165) is 19.0 Å². The van der Waals surface area contributed by atoms with E-state index in [1.54, 1.807) is 0 Å². The highest BCUT2D eigenvalue weighted by atomic mass is 15.1. The first-order valence-electron chi connectivity index (χ1n) is 7.36. The summed E-state index contributed by atoms with van der Waals surface area (Å²) in [6.45, 7) is 11.1. The second-order valence-electron chi connectivity index (χ2n) is 5.64. The highest BCUT2D eigenvalue weighted by molar-refractivity contribution is 4.99. The maximum absolute atomic E-state index is 4.29. The van der Waals surface area contributed by atoms with Crippen molar-refractivity contribution in [2.75, 3.05) is 6.54 Å². The van der Waals surface area contributed by atoms with Crippen LogP contribution < -0.4 is 5.32 Å². The molecule has 0 aliphatic carbocycles. The molecule has 104 valence electrons. The first-order chi connectivity index (χ1) is 8.65. The third kappa shape index (κ3) is 5.21. The molecule has 3 nitrogen and oxygen atoms in total. The van der Waals surface area contributed by atoms with E-state index in [0.29, 0.717) is 6.04 Å². The fraction of sp³-hybridized carbons (Fsp3) is 0.800. The molecule has 1 N–H and O–H groups in total. The van der Waals surface area contributed by atoms with E-state index >= 15 is 0 Å².